The summed E-state index contributed by atoms with van der Waals surface area (Å²) in [5.41, 5.74) is 9.05. The van der Waals surface area contributed by atoms with Crippen molar-refractivity contribution in [2.24, 2.45) is 5.73 Å². The lowest BCUT2D eigenvalue weighted by Crippen LogP contribution is -2.47. The topological polar surface area (TPSA) is 29.3 Å². The van der Waals surface area contributed by atoms with Gasteiger partial charge in [0.15, 0.2) is 0 Å². The van der Waals surface area contributed by atoms with Gasteiger partial charge >= 0.3 is 0 Å². The highest BCUT2D eigenvalue weighted by atomic mass is 15.2. The Hall–Kier alpha value is -1.02. The molecule has 1 heterocycles. The third kappa shape index (κ3) is 2.14. The fourth-order valence-corrected chi connectivity index (χ4v) is 3.65. The Morgan fingerprint density at radius 2 is 1.78 bits per heavy atom. The Labute approximate surface area is 110 Å². The minimum Gasteiger partial charge on any atom is -0.366 e. The second-order valence-electron chi connectivity index (χ2n) is 5.99. The van der Waals surface area contributed by atoms with Gasteiger partial charge in [-0.3, -0.25) is 0 Å². The van der Waals surface area contributed by atoms with E-state index in [4.69, 9.17) is 5.73 Å². The minimum absolute atomic E-state index is 0.441. The van der Waals surface area contributed by atoms with E-state index in [-0.39, 0.29) is 0 Å². The number of nitrogens with zero attached hydrogens (tertiary/aromatic N) is 1. The van der Waals surface area contributed by atoms with Crippen LogP contribution in [0.5, 0.6) is 0 Å². The van der Waals surface area contributed by atoms with Gasteiger partial charge in [0, 0.05) is 23.8 Å². The number of aryl methyl sites for hydroxylation is 1. The zero-order valence-electron chi connectivity index (χ0n) is 11.3. The van der Waals surface area contributed by atoms with Crippen molar-refractivity contribution in [2.75, 3.05) is 4.90 Å². The first-order valence-electron chi connectivity index (χ1n) is 7.37. The second-order valence-corrected chi connectivity index (χ2v) is 5.99. The lowest BCUT2D eigenvalue weighted by molar-refractivity contribution is 0.350. The molecule has 18 heavy (non-hydrogen) atoms. The first-order chi connectivity index (χ1) is 8.75. The number of anilines is 1. The van der Waals surface area contributed by atoms with E-state index < -0.39 is 0 Å². The van der Waals surface area contributed by atoms with Crippen LogP contribution in [0.1, 0.15) is 44.6 Å². The predicted molar refractivity (Wildman–Crippen MR) is 76.9 cm³/mol. The van der Waals surface area contributed by atoms with E-state index in [1.165, 1.54) is 49.8 Å². The number of hydrogen-bond donors (Lipinski definition) is 1. The summed E-state index contributed by atoms with van der Waals surface area (Å²) in [6, 6.07) is 10.8. The van der Waals surface area contributed by atoms with Crippen molar-refractivity contribution < 1.29 is 0 Å². The molecule has 1 unspecified atom stereocenters. The van der Waals surface area contributed by atoms with Crippen LogP contribution < -0.4 is 10.6 Å². The van der Waals surface area contributed by atoms with Crippen molar-refractivity contribution in [3.05, 3.63) is 29.8 Å². The molecule has 1 fully saturated rings. The molecule has 2 nitrogen and oxygen atoms in total. The van der Waals surface area contributed by atoms with E-state index in [2.05, 4.69) is 36.1 Å². The number of rotatable bonds is 1. The van der Waals surface area contributed by atoms with Gasteiger partial charge in [0.05, 0.1) is 0 Å². The van der Waals surface area contributed by atoms with Gasteiger partial charge in [0.2, 0.25) is 0 Å². The van der Waals surface area contributed by atoms with Gasteiger partial charge in [-0.2, -0.15) is 0 Å². The summed E-state index contributed by atoms with van der Waals surface area (Å²) in [6.45, 7) is 2.38. The number of nitrogens with two attached hydrogens (primary N) is 1. The van der Waals surface area contributed by atoms with Crippen molar-refractivity contribution in [1.29, 1.82) is 0 Å². The average Bonchev–Trinajstić information content (AvgIpc) is 2.40. The van der Waals surface area contributed by atoms with Gasteiger partial charge < -0.3 is 10.6 Å². The van der Waals surface area contributed by atoms with Crippen molar-refractivity contribution in [3.8, 4) is 0 Å². The van der Waals surface area contributed by atoms with Gasteiger partial charge in [0.1, 0.15) is 0 Å². The Morgan fingerprint density at radius 1 is 1.06 bits per heavy atom. The molecule has 1 saturated carbocycles. The molecule has 3 rings (SSSR count). The van der Waals surface area contributed by atoms with Crippen LogP contribution in [0.15, 0.2) is 24.3 Å². The van der Waals surface area contributed by atoms with Crippen molar-refractivity contribution in [3.63, 3.8) is 0 Å². The van der Waals surface area contributed by atoms with Gasteiger partial charge in [-0.15, -0.1) is 0 Å². The van der Waals surface area contributed by atoms with E-state index >= 15 is 0 Å². The molecule has 2 heteroatoms. The van der Waals surface area contributed by atoms with Gasteiger partial charge in [-0.1, -0.05) is 18.2 Å². The molecule has 0 saturated heterocycles. The van der Waals surface area contributed by atoms with Crippen LogP contribution in [-0.4, -0.2) is 18.1 Å². The van der Waals surface area contributed by atoms with Crippen molar-refractivity contribution in [1.82, 2.24) is 0 Å². The maximum absolute atomic E-state index is 6.04. The smallest absolute Gasteiger partial charge is 0.0403 e. The Balaban J connectivity index is 1.86. The van der Waals surface area contributed by atoms with Crippen LogP contribution in [0, 0.1) is 0 Å². The van der Waals surface area contributed by atoms with E-state index in [9.17, 15) is 0 Å². The quantitative estimate of drug-likeness (QED) is 0.822. The molecule has 0 amide bonds. The lowest BCUT2D eigenvalue weighted by Gasteiger charge is -2.45. The molecular weight excluding hydrogens is 220 g/mol. The average molecular weight is 244 g/mol. The molecule has 1 aliphatic carbocycles. The maximum Gasteiger partial charge on any atom is 0.0403 e. The number of benzene rings is 1. The number of para-hydroxylation sites is 1. The highest BCUT2D eigenvalue weighted by molar-refractivity contribution is 5.57. The summed E-state index contributed by atoms with van der Waals surface area (Å²) in [4.78, 5) is 2.69. The summed E-state index contributed by atoms with van der Waals surface area (Å²) >= 11 is 0. The Morgan fingerprint density at radius 3 is 2.56 bits per heavy atom. The molecule has 2 aliphatic rings. The molecule has 0 radical (unpaired) electrons. The molecule has 1 atom stereocenters. The Kier molecular flexibility index (Phi) is 3.29. The highest BCUT2D eigenvalue weighted by Gasteiger charge is 2.31. The first kappa shape index (κ1) is 12.0. The predicted octanol–water partition coefficient (Wildman–Crippen LogP) is 3.10. The van der Waals surface area contributed by atoms with Crippen LogP contribution in [0.25, 0.3) is 0 Å². The van der Waals surface area contributed by atoms with Crippen molar-refractivity contribution >= 4 is 5.69 Å². The molecule has 0 spiro atoms. The normalized spacial score (nSPS) is 32.1. The molecule has 98 valence electrons. The summed E-state index contributed by atoms with van der Waals surface area (Å²) in [7, 11) is 0. The molecular formula is C16H24N2. The third-order valence-electron chi connectivity index (χ3n) is 4.71. The maximum atomic E-state index is 6.04. The van der Waals surface area contributed by atoms with E-state index in [1.54, 1.807) is 0 Å². The third-order valence-corrected chi connectivity index (χ3v) is 4.71. The standard InChI is InChI=1S/C16H24N2/c1-12-6-7-13-4-2-3-5-16(13)18(12)15-10-8-14(17)9-11-15/h2-5,12,14-15H,6-11,17H2,1H3. The molecule has 1 aromatic rings. The summed E-state index contributed by atoms with van der Waals surface area (Å²) < 4.78 is 0. The fourth-order valence-electron chi connectivity index (χ4n) is 3.65. The summed E-state index contributed by atoms with van der Waals surface area (Å²) in [6.07, 6.45) is 7.44. The molecule has 1 aliphatic heterocycles. The largest absolute Gasteiger partial charge is 0.366 e. The van der Waals surface area contributed by atoms with Crippen LogP contribution in [0.2, 0.25) is 0 Å². The summed E-state index contributed by atoms with van der Waals surface area (Å²) in [5, 5.41) is 0. The minimum atomic E-state index is 0.441. The highest BCUT2D eigenvalue weighted by Crippen LogP contribution is 2.36. The lowest BCUT2D eigenvalue weighted by atomic mass is 9.87. The molecule has 0 aromatic heterocycles. The van der Waals surface area contributed by atoms with E-state index in [1.807, 2.05) is 0 Å². The van der Waals surface area contributed by atoms with Crippen LogP contribution in [-0.2, 0) is 6.42 Å². The summed E-state index contributed by atoms with van der Waals surface area (Å²) in [5.74, 6) is 0. The van der Waals surface area contributed by atoms with E-state index in [0.717, 1.165) is 0 Å². The van der Waals surface area contributed by atoms with Crippen LogP contribution >= 0.6 is 0 Å². The monoisotopic (exact) mass is 244 g/mol. The molecule has 2 N–H and O–H groups in total. The zero-order chi connectivity index (χ0) is 12.5. The molecule has 0 bridgehead atoms. The van der Waals surface area contributed by atoms with Crippen LogP contribution in [0.3, 0.4) is 0 Å². The second kappa shape index (κ2) is 4.93. The van der Waals surface area contributed by atoms with E-state index in [0.29, 0.717) is 18.1 Å². The van der Waals surface area contributed by atoms with Gasteiger partial charge in [0.25, 0.3) is 0 Å². The number of hydrogen-bond acceptors (Lipinski definition) is 2. The zero-order valence-corrected chi connectivity index (χ0v) is 11.3. The van der Waals surface area contributed by atoms with Gasteiger partial charge in [-0.05, 0) is 57.1 Å². The van der Waals surface area contributed by atoms with Crippen LogP contribution in [0.4, 0.5) is 5.69 Å². The fraction of sp³-hybridized carbons (Fsp3) is 0.625. The first-order valence-corrected chi connectivity index (χ1v) is 7.37. The number of fused-ring (bicyclic) bond motifs is 1. The Bertz CT molecular complexity index is 407. The van der Waals surface area contributed by atoms with Crippen molar-refractivity contribution in [2.45, 2.75) is 63.6 Å². The molecule has 1 aromatic carbocycles. The SMILES string of the molecule is CC1CCc2ccccc2N1C1CCC(N)CC1. The van der Waals surface area contributed by atoms with Gasteiger partial charge in [-0.25, -0.2) is 0 Å².